The van der Waals surface area contributed by atoms with Crippen LogP contribution >= 0.6 is 0 Å². The largest absolute Gasteiger partial charge is 0.497 e. The minimum absolute atomic E-state index is 0.0321. The Kier molecular flexibility index (Phi) is 7.28. The molecule has 0 saturated heterocycles. The normalized spacial score (nSPS) is 14.8. The Morgan fingerprint density at radius 3 is 2.37 bits per heavy atom. The zero-order valence-corrected chi connectivity index (χ0v) is 23.0. The summed E-state index contributed by atoms with van der Waals surface area (Å²) in [5.74, 6) is 0.486. The molecule has 0 aromatic heterocycles. The van der Waals surface area contributed by atoms with Gasteiger partial charge < -0.3 is 4.74 Å². The lowest BCUT2D eigenvalue weighted by molar-refractivity contribution is 0.0955. The average molecular weight is 539 g/mol. The van der Waals surface area contributed by atoms with E-state index in [0.717, 1.165) is 34.7 Å². The van der Waals surface area contributed by atoms with Crippen LogP contribution in [0.5, 0.6) is 5.75 Å². The Morgan fingerprint density at radius 1 is 0.902 bits per heavy atom. The molecule has 1 unspecified atom stereocenters. The maximum Gasteiger partial charge on any atom is 0.271 e. The van der Waals surface area contributed by atoms with Crippen LogP contribution in [0, 0.1) is 6.92 Å². The Hall–Kier alpha value is -5.23. The van der Waals surface area contributed by atoms with Crippen molar-refractivity contribution < 1.29 is 9.53 Å². The number of anilines is 1. The van der Waals surface area contributed by atoms with E-state index in [0.29, 0.717) is 5.56 Å². The van der Waals surface area contributed by atoms with Gasteiger partial charge >= 0.3 is 0 Å². The van der Waals surface area contributed by atoms with Crippen molar-refractivity contribution in [2.24, 2.45) is 10.2 Å². The molecule has 0 aliphatic carbocycles. The fraction of sp³-hybridized carbons (Fsp3) is 0.114. The number of hydrogen-bond acceptors (Lipinski definition) is 5. The SMILES string of the molecule is COc1ccc(/C=N/NC(=O)c2ccc(N3N=C(c4ccc(C)cc4)CC3c3ccc4ccccc4c3)cc2)cc1. The second-order valence-corrected chi connectivity index (χ2v) is 10.1. The number of rotatable bonds is 7. The van der Waals surface area contributed by atoms with Crippen molar-refractivity contribution in [3.63, 3.8) is 0 Å². The number of hydrogen-bond donors (Lipinski definition) is 1. The van der Waals surface area contributed by atoms with Gasteiger partial charge in [-0.25, -0.2) is 5.43 Å². The topological polar surface area (TPSA) is 66.3 Å². The van der Waals surface area contributed by atoms with Gasteiger partial charge in [0.25, 0.3) is 5.91 Å². The lowest BCUT2D eigenvalue weighted by atomic mass is 9.96. The third kappa shape index (κ3) is 5.72. The molecule has 1 amide bonds. The third-order valence-electron chi connectivity index (χ3n) is 7.34. The predicted molar refractivity (Wildman–Crippen MR) is 166 cm³/mol. The summed E-state index contributed by atoms with van der Waals surface area (Å²) in [6.07, 6.45) is 2.38. The maximum absolute atomic E-state index is 12.8. The van der Waals surface area contributed by atoms with Gasteiger partial charge in [0.2, 0.25) is 0 Å². The molecule has 41 heavy (non-hydrogen) atoms. The zero-order chi connectivity index (χ0) is 28.2. The number of benzene rings is 5. The predicted octanol–water partition coefficient (Wildman–Crippen LogP) is 7.28. The minimum atomic E-state index is -0.280. The van der Waals surface area contributed by atoms with E-state index < -0.39 is 0 Å². The molecule has 1 heterocycles. The summed E-state index contributed by atoms with van der Waals surface area (Å²) in [7, 11) is 1.62. The first kappa shape index (κ1) is 26.0. The summed E-state index contributed by atoms with van der Waals surface area (Å²) in [5, 5.41) is 13.7. The average Bonchev–Trinajstić information content (AvgIpc) is 3.47. The summed E-state index contributed by atoms with van der Waals surface area (Å²) < 4.78 is 5.17. The monoisotopic (exact) mass is 538 g/mol. The number of hydrazone groups is 2. The van der Waals surface area contributed by atoms with Crippen LogP contribution in [0.4, 0.5) is 5.69 Å². The number of fused-ring (bicyclic) bond motifs is 1. The van der Waals surface area contributed by atoms with Gasteiger partial charge in [-0.3, -0.25) is 9.80 Å². The van der Waals surface area contributed by atoms with E-state index in [1.54, 1.807) is 13.3 Å². The van der Waals surface area contributed by atoms with E-state index in [-0.39, 0.29) is 11.9 Å². The first-order chi connectivity index (χ1) is 20.1. The number of methoxy groups -OCH3 is 1. The Labute approximate surface area is 239 Å². The molecular formula is C35H30N4O2. The van der Waals surface area contributed by atoms with Crippen molar-refractivity contribution in [1.29, 1.82) is 0 Å². The number of amides is 1. The molecule has 0 radical (unpaired) electrons. The molecule has 1 aliphatic rings. The number of nitrogens with zero attached hydrogens (tertiary/aromatic N) is 3. The number of carbonyl (C=O) groups excluding carboxylic acids is 1. The highest BCUT2D eigenvalue weighted by molar-refractivity contribution is 6.03. The number of nitrogens with one attached hydrogen (secondary N) is 1. The molecule has 202 valence electrons. The lowest BCUT2D eigenvalue weighted by Crippen LogP contribution is -2.20. The molecule has 0 bridgehead atoms. The van der Waals surface area contributed by atoms with E-state index >= 15 is 0 Å². The van der Waals surface area contributed by atoms with E-state index in [1.807, 2.05) is 48.5 Å². The van der Waals surface area contributed by atoms with Crippen molar-refractivity contribution in [3.05, 3.63) is 143 Å². The van der Waals surface area contributed by atoms with Gasteiger partial charge in [0.05, 0.1) is 30.8 Å². The van der Waals surface area contributed by atoms with Gasteiger partial charge in [-0.2, -0.15) is 10.2 Å². The van der Waals surface area contributed by atoms with Crippen LogP contribution in [0.2, 0.25) is 0 Å². The fourth-order valence-corrected chi connectivity index (χ4v) is 5.03. The van der Waals surface area contributed by atoms with Crippen molar-refractivity contribution in [2.45, 2.75) is 19.4 Å². The summed E-state index contributed by atoms with van der Waals surface area (Å²) in [5.41, 5.74) is 9.48. The van der Waals surface area contributed by atoms with E-state index in [2.05, 4.69) is 89.2 Å². The quantitative estimate of drug-likeness (QED) is 0.175. The van der Waals surface area contributed by atoms with Crippen LogP contribution in [0.25, 0.3) is 10.8 Å². The molecule has 5 aromatic rings. The fourth-order valence-electron chi connectivity index (χ4n) is 5.03. The van der Waals surface area contributed by atoms with E-state index in [9.17, 15) is 4.79 Å². The smallest absolute Gasteiger partial charge is 0.271 e. The molecule has 1 atom stereocenters. The van der Waals surface area contributed by atoms with Gasteiger partial charge in [0.15, 0.2) is 0 Å². The van der Waals surface area contributed by atoms with Crippen LogP contribution in [0.15, 0.2) is 125 Å². The lowest BCUT2D eigenvalue weighted by Gasteiger charge is -2.24. The molecule has 6 rings (SSSR count). The molecule has 0 fully saturated rings. The van der Waals surface area contributed by atoms with Crippen LogP contribution in [-0.4, -0.2) is 24.9 Å². The first-order valence-electron chi connectivity index (χ1n) is 13.6. The zero-order valence-electron chi connectivity index (χ0n) is 23.0. The first-order valence-corrected chi connectivity index (χ1v) is 13.6. The molecule has 6 nitrogen and oxygen atoms in total. The van der Waals surface area contributed by atoms with Crippen molar-refractivity contribution in [3.8, 4) is 5.75 Å². The molecule has 0 spiro atoms. The molecule has 1 aliphatic heterocycles. The minimum Gasteiger partial charge on any atom is -0.497 e. The molecular weight excluding hydrogens is 508 g/mol. The summed E-state index contributed by atoms with van der Waals surface area (Å²) >= 11 is 0. The van der Waals surface area contributed by atoms with Gasteiger partial charge in [-0.05, 0) is 89.0 Å². The molecule has 1 N–H and O–H groups in total. The molecule has 0 saturated carbocycles. The van der Waals surface area contributed by atoms with Crippen LogP contribution in [0.3, 0.4) is 0 Å². The summed E-state index contributed by atoms with van der Waals surface area (Å²) in [6, 6.07) is 38.5. The Balaban J connectivity index is 1.24. The molecule has 6 heteroatoms. The van der Waals surface area contributed by atoms with Gasteiger partial charge in [0, 0.05) is 12.0 Å². The third-order valence-corrected chi connectivity index (χ3v) is 7.34. The van der Waals surface area contributed by atoms with Gasteiger partial charge in [-0.15, -0.1) is 0 Å². The standard InChI is InChI=1S/C35H30N4O2/c1-24-7-11-27(12-8-24)33-22-34(30-14-13-26-5-3-4-6-29(26)21-30)39(38-33)31-17-15-28(16-18-31)35(40)37-36-23-25-9-19-32(41-2)20-10-25/h3-21,23,34H,22H2,1-2H3,(H,37,40)/b36-23+. The highest BCUT2D eigenvalue weighted by Gasteiger charge is 2.30. The van der Waals surface area contributed by atoms with E-state index in [4.69, 9.17) is 9.84 Å². The summed E-state index contributed by atoms with van der Waals surface area (Å²) in [4.78, 5) is 12.8. The maximum atomic E-state index is 12.8. The highest BCUT2D eigenvalue weighted by atomic mass is 16.5. The highest BCUT2D eigenvalue weighted by Crippen LogP contribution is 2.37. The Morgan fingerprint density at radius 2 is 1.63 bits per heavy atom. The summed E-state index contributed by atoms with van der Waals surface area (Å²) in [6.45, 7) is 2.09. The van der Waals surface area contributed by atoms with Crippen LogP contribution in [-0.2, 0) is 0 Å². The number of aryl methyl sites for hydroxylation is 1. The second kappa shape index (κ2) is 11.5. The van der Waals surface area contributed by atoms with Gasteiger partial charge in [0.1, 0.15) is 5.75 Å². The van der Waals surface area contributed by atoms with Crippen LogP contribution < -0.4 is 15.2 Å². The molecule has 5 aromatic carbocycles. The van der Waals surface area contributed by atoms with Crippen LogP contribution in [0.1, 0.15) is 45.1 Å². The number of ether oxygens (including phenoxy) is 1. The second-order valence-electron chi connectivity index (χ2n) is 10.1. The Bertz CT molecular complexity index is 1740. The number of carbonyl (C=O) groups is 1. The van der Waals surface area contributed by atoms with E-state index in [1.165, 1.54) is 21.9 Å². The van der Waals surface area contributed by atoms with Crippen molar-refractivity contribution in [2.75, 3.05) is 12.1 Å². The van der Waals surface area contributed by atoms with Gasteiger partial charge in [-0.1, -0.05) is 66.2 Å². The van der Waals surface area contributed by atoms with Crippen molar-refractivity contribution in [1.82, 2.24) is 5.43 Å². The van der Waals surface area contributed by atoms with Crippen molar-refractivity contribution >= 4 is 34.3 Å².